The number of hydrogen-bond acceptors (Lipinski definition) is 3. The lowest BCUT2D eigenvalue weighted by molar-refractivity contribution is -0.122. The van der Waals surface area contributed by atoms with Crippen molar-refractivity contribution in [2.24, 2.45) is 0 Å². The van der Waals surface area contributed by atoms with Crippen molar-refractivity contribution in [3.8, 4) is 0 Å². The second kappa shape index (κ2) is 5.76. The van der Waals surface area contributed by atoms with Crippen molar-refractivity contribution < 1.29 is 4.79 Å². The molecule has 3 heteroatoms. The molecule has 14 heavy (non-hydrogen) atoms. The van der Waals surface area contributed by atoms with E-state index in [1.54, 1.807) is 0 Å². The lowest BCUT2D eigenvalue weighted by Crippen LogP contribution is -2.41. The summed E-state index contributed by atoms with van der Waals surface area (Å²) in [5, 5.41) is 0. The standard InChI is InChI=1S/C11H21NOS/c1-9(7-8-14-3)12(2)10-5-4-6-11(10)13/h9-10H,4-8H2,1-3H3. The maximum Gasteiger partial charge on any atom is 0.149 e. The van der Waals surface area contributed by atoms with Crippen molar-refractivity contribution in [1.82, 2.24) is 4.90 Å². The highest BCUT2D eigenvalue weighted by atomic mass is 32.2. The Morgan fingerprint density at radius 3 is 2.86 bits per heavy atom. The highest BCUT2D eigenvalue weighted by molar-refractivity contribution is 7.98. The zero-order chi connectivity index (χ0) is 10.6. The fourth-order valence-corrected chi connectivity index (χ4v) is 2.60. The average molecular weight is 215 g/mol. The zero-order valence-corrected chi connectivity index (χ0v) is 10.3. The summed E-state index contributed by atoms with van der Waals surface area (Å²) in [4.78, 5) is 13.8. The highest BCUT2D eigenvalue weighted by Crippen LogP contribution is 2.21. The van der Waals surface area contributed by atoms with E-state index in [1.165, 1.54) is 12.2 Å². The van der Waals surface area contributed by atoms with E-state index in [-0.39, 0.29) is 6.04 Å². The minimum atomic E-state index is 0.215. The molecular weight excluding hydrogens is 194 g/mol. The molecule has 1 rings (SSSR count). The molecule has 1 fully saturated rings. The number of nitrogens with zero attached hydrogens (tertiary/aromatic N) is 1. The third-order valence-electron chi connectivity index (χ3n) is 3.20. The van der Waals surface area contributed by atoms with E-state index in [1.807, 2.05) is 11.8 Å². The first-order valence-electron chi connectivity index (χ1n) is 5.40. The summed E-state index contributed by atoms with van der Waals surface area (Å²) in [5.41, 5.74) is 0. The molecule has 0 bridgehead atoms. The maximum absolute atomic E-state index is 11.5. The molecule has 0 spiro atoms. The molecule has 0 saturated heterocycles. The van der Waals surface area contributed by atoms with E-state index < -0.39 is 0 Å². The molecule has 0 aromatic heterocycles. The molecule has 2 nitrogen and oxygen atoms in total. The lowest BCUT2D eigenvalue weighted by atomic mass is 10.1. The Balaban J connectivity index is 2.38. The monoisotopic (exact) mass is 215 g/mol. The molecule has 1 saturated carbocycles. The number of thioether (sulfide) groups is 1. The molecule has 0 heterocycles. The van der Waals surface area contributed by atoms with Crippen molar-refractivity contribution >= 4 is 17.5 Å². The topological polar surface area (TPSA) is 20.3 Å². The van der Waals surface area contributed by atoms with Gasteiger partial charge >= 0.3 is 0 Å². The van der Waals surface area contributed by atoms with E-state index in [0.29, 0.717) is 11.8 Å². The average Bonchev–Trinajstić information content (AvgIpc) is 2.59. The van der Waals surface area contributed by atoms with Gasteiger partial charge in [-0.05, 0) is 45.2 Å². The van der Waals surface area contributed by atoms with Gasteiger partial charge in [-0.25, -0.2) is 0 Å². The molecule has 1 aliphatic carbocycles. The van der Waals surface area contributed by atoms with Crippen molar-refractivity contribution in [1.29, 1.82) is 0 Å². The molecule has 0 radical (unpaired) electrons. The molecule has 82 valence electrons. The van der Waals surface area contributed by atoms with Gasteiger partial charge < -0.3 is 0 Å². The van der Waals surface area contributed by atoms with Crippen LogP contribution in [0, 0.1) is 0 Å². The van der Waals surface area contributed by atoms with Gasteiger partial charge in [0.1, 0.15) is 5.78 Å². The van der Waals surface area contributed by atoms with Crippen LogP contribution < -0.4 is 0 Å². The van der Waals surface area contributed by atoms with Crippen LogP contribution in [0.3, 0.4) is 0 Å². The van der Waals surface area contributed by atoms with Crippen LogP contribution >= 0.6 is 11.8 Å². The Bertz CT molecular complexity index is 196. The second-order valence-electron chi connectivity index (χ2n) is 4.17. The first kappa shape index (κ1) is 12.1. The third-order valence-corrected chi connectivity index (χ3v) is 3.84. The van der Waals surface area contributed by atoms with Crippen LogP contribution in [0.15, 0.2) is 0 Å². The second-order valence-corrected chi connectivity index (χ2v) is 5.16. The lowest BCUT2D eigenvalue weighted by Gasteiger charge is -2.29. The predicted octanol–water partition coefficient (Wildman–Crippen LogP) is 2.18. The Morgan fingerprint density at radius 1 is 1.64 bits per heavy atom. The highest BCUT2D eigenvalue weighted by Gasteiger charge is 2.29. The van der Waals surface area contributed by atoms with Crippen LogP contribution in [-0.2, 0) is 4.79 Å². The van der Waals surface area contributed by atoms with Crippen molar-refractivity contribution in [2.75, 3.05) is 19.1 Å². The molecule has 2 unspecified atom stereocenters. The minimum absolute atomic E-state index is 0.215. The normalized spacial score (nSPS) is 24.6. The fourth-order valence-electron chi connectivity index (χ4n) is 2.03. The predicted molar refractivity (Wildman–Crippen MR) is 62.9 cm³/mol. The van der Waals surface area contributed by atoms with E-state index in [2.05, 4.69) is 25.1 Å². The molecule has 1 aliphatic rings. The van der Waals surface area contributed by atoms with Gasteiger partial charge in [0.05, 0.1) is 6.04 Å². The summed E-state index contributed by atoms with van der Waals surface area (Å²) in [6.07, 6.45) is 6.27. The van der Waals surface area contributed by atoms with Gasteiger partial charge in [0.25, 0.3) is 0 Å². The zero-order valence-electron chi connectivity index (χ0n) is 9.45. The van der Waals surface area contributed by atoms with Crippen molar-refractivity contribution in [3.63, 3.8) is 0 Å². The van der Waals surface area contributed by atoms with Gasteiger partial charge in [0, 0.05) is 12.5 Å². The Labute approximate surface area is 91.4 Å². The number of rotatable bonds is 5. The van der Waals surface area contributed by atoms with E-state index >= 15 is 0 Å². The van der Waals surface area contributed by atoms with Crippen LogP contribution in [-0.4, -0.2) is 41.8 Å². The van der Waals surface area contributed by atoms with Crippen molar-refractivity contribution in [2.45, 2.75) is 44.7 Å². The summed E-state index contributed by atoms with van der Waals surface area (Å²) in [6.45, 7) is 2.22. The van der Waals surface area contributed by atoms with Crippen molar-refractivity contribution in [3.05, 3.63) is 0 Å². The summed E-state index contributed by atoms with van der Waals surface area (Å²) in [6, 6.07) is 0.751. The summed E-state index contributed by atoms with van der Waals surface area (Å²) in [5.74, 6) is 1.63. The molecule has 0 amide bonds. The van der Waals surface area contributed by atoms with Gasteiger partial charge in [0.2, 0.25) is 0 Å². The van der Waals surface area contributed by atoms with Crippen LogP contribution in [0.25, 0.3) is 0 Å². The molecule has 0 N–H and O–H groups in total. The first-order valence-corrected chi connectivity index (χ1v) is 6.79. The number of carbonyl (C=O) groups excluding carboxylic acids is 1. The van der Waals surface area contributed by atoms with Crippen LogP contribution in [0.1, 0.15) is 32.6 Å². The summed E-state index contributed by atoms with van der Waals surface area (Å²) in [7, 11) is 2.10. The number of hydrogen-bond donors (Lipinski definition) is 0. The minimum Gasteiger partial charge on any atom is -0.298 e. The van der Waals surface area contributed by atoms with E-state index in [4.69, 9.17) is 0 Å². The Hall–Kier alpha value is -0.0200. The van der Waals surface area contributed by atoms with Crippen LogP contribution in [0.2, 0.25) is 0 Å². The van der Waals surface area contributed by atoms with Crippen LogP contribution in [0.5, 0.6) is 0 Å². The molecule has 2 atom stereocenters. The molecule has 0 aromatic carbocycles. The van der Waals surface area contributed by atoms with E-state index in [0.717, 1.165) is 19.3 Å². The number of Topliss-reactive ketones (excluding diaryl/α,β-unsaturated/α-hetero) is 1. The molecule has 0 aliphatic heterocycles. The molecule has 0 aromatic rings. The van der Waals surface area contributed by atoms with Gasteiger partial charge in [-0.2, -0.15) is 11.8 Å². The SMILES string of the molecule is CSCCC(C)N(C)C1CCCC1=O. The quantitative estimate of drug-likeness (QED) is 0.701. The van der Waals surface area contributed by atoms with Gasteiger partial charge in [0.15, 0.2) is 0 Å². The van der Waals surface area contributed by atoms with Gasteiger partial charge in [-0.3, -0.25) is 9.69 Å². The number of carbonyl (C=O) groups is 1. The number of likely N-dealkylation sites (N-methyl/N-ethyl adjacent to an activating group) is 1. The van der Waals surface area contributed by atoms with Gasteiger partial charge in [-0.15, -0.1) is 0 Å². The van der Waals surface area contributed by atoms with E-state index in [9.17, 15) is 4.79 Å². The smallest absolute Gasteiger partial charge is 0.149 e. The summed E-state index contributed by atoms with van der Waals surface area (Å²) < 4.78 is 0. The maximum atomic E-state index is 11.5. The third kappa shape index (κ3) is 2.99. The first-order chi connectivity index (χ1) is 6.66. The van der Waals surface area contributed by atoms with Gasteiger partial charge in [-0.1, -0.05) is 0 Å². The number of ketones is 1. The summed E-state index contributed by atoms with van der Waals surface area (Å²) >= 11 is 1.88. The fraction of sp³-hybridized carbons (Fsp3) is 0.909. The Morgan fingerprint density at radius 2 is 2.36 bits per heavy atom. The molecular formula is C11H21NOS. The largest absolute Gasteiger partial charge is 0.298 e. The van der Waals surface area contributed by atoms with Crippen LogP contribution in [0.4, 0.5) is 0 Å². The Kier molecular flexibility index (Phi) is 4.96.